The van der Waals surface area contributed by atoms with Crippen molar-refractivity contribution in [3.8, 4) is 0 Å². The monoisotopic (exact) mass is 412 g/mol. The van der Waals surface area contributed by atoms with Crippen LogP contribution in [0.4, 0.5) is 10.1 Å². The summed E-state index contributed by atoms with van der Waals surface area (Å²) in [6, 6.07) is 12.3. The van der Waals surface area contributed by atoms with E-state index in [4.69, 9.17) is 0 Å². The van der Waals surface area contributed by atoms with Crippen LogP contribution in [0, 0.1) is 18.7 Å². The van der Waals surface area contributed by atoms with E-state index in [1.54, 1.807) is 15.9 Å². The zero-order chi connectivity index (χ0) is 20.8. The Balaban J connectivity index is 1.78. The maximum Gasteiger partial charge on any atom is 0.268 e. The first-order valence-corrected chi connectivity index (χ1v) is 10.9. The Morgan fingerprint density at radius 1 is 1.24 bits per heavy atom. The molecule has 1 saturated heterocycles. The highest BCUT2D eigenvalue weighted by atomic mass is 32.2. The van der Waals surface area contributed by atoms with Crippen LogP contribution in [0.5, 0.6) is 0 Å². The molecule has 1 spiro atoms. The Hall–Kier alpha value is -2.34. The molecule has 0 bridgehead atoms. The maximum absolute atomic E-state index is 13.8. The molecule has 0 N–H and O–H groups in total. The van der Waals surface area contributed by atoms with E-state index in [9.17, 15) is 14.0 Å². The number of anilines is 1. The minimum absolute atomic E-state index is 0.0124. The molecule has 4 rings (SSSR count). The van der Waals surface area contributed by atoms with Gasteiger partial charge in [0.15, 0.2) is 4.87 Å². The standard InChI is InChI=1S/C23H25FN2O2S/c1-15(2)11-21(27)26-9-10-29-23(26)19-12-16(3)7-8-20(19)25(22(23)28)14-17-5-4-6-18(24)13-17/h4-8,12-13,15H,9-11,14H2,1-3H3. The van der Waals surface area contributed by atoms with E-state index in [0.29, 0.717) is 13.0 Å². The summed E-state index contributed by atoms with van der Waals surface area (Å²) in [4.78, 5) is 29.3. The van der Waals surface area contributed by atoms with Crippen LogP contribution in [-0.4, -0.2) is 29.0 Å². The van der Waals surface area contributed by atoms with Crippen molar-refractivity contribution in [1.82, 2.24) is 4.90 Å². The molecule has 2 amide bonds. The summed E-state index contributed by atoms with van der Waals surface area (Å²) < 4.78 is 13.7. The topological polar surface area (TPSA) is 40.6 Å². The summed E-state index contributed by atoms with van der Waals surface area (Å²) >= 11 is 1.53. The van der Waals surface area contributed by atoms with Gasteiger partial charge >= 0.3 is 0 Å². The van der Waals surface area contributed by atoms with Crippen molar-refractivity contribution in [2.75, 3.05) is 17.2 Å². The lowest BCUT2D eigenvalue weighted by atomic mass is 10.0. The third kappa shape index (κ3) is 3.33. The zero-order valence-corrected chi connectivity index (χ0v) is 17.8. The molecule has 0 aromatic heterocycles. The van der Waals surface area contributed by atoms with Crippen molar-refractivity contribution in [2.45, 2.75) is 38.6 Å². The largest absolute Gasteiger partial charge is 0.315 e. The number of nitrogens with zero attached hydrogens (tertiary/aromatic N) is 2. The molecule has 2 aliphatic heterocycles. The maximum atomic E-state index is 13.8. The van der Waals surface area contributed by atoms with Gasteiger partial charge in [0.05, 0.1) is 12.2 Å². The molecule has 29 heavy (non-hydrogen) atoms. The normalized spacial score (nSPS) is 20.8. The van der Waals surface area contributed by atoms with Gasteiger partial charge in [-0.1, -0.05) is 43.7 Å². The Bertz CT molecular complexity index is 977. The molecule has 0 radical (unpaired) electrons. The van der Waals surface area contributed by atoms with Gasteiger partial charge in [-0.25, -0.2) is 4.39 Å². The van der Waals surface area contributed by atoms with E-state index in [2.05, 4.69) is 0 Å². The second-order valence-electron chi connectivity index (χ2n) is 8.18. The quantitative estimate of drug-likeness (QED) is 0.745. The number of carbonyl (C=O) groups is 2. The number of aryl methyl sites for hydroxylation is 1. The average molecular weight is 413 g/mol. The van der Waals surface area contributed by atoms with Crippen molar-refractivity contribution >= 4 is 29.3 Å². The van der Waals surface area contributed by atoms with E-state index < -0.39 is 4.87 Å². The van der Waals surface area contributed by atoms with E-state index in [-0.39, 0.29) is 30.1 Å². The highest BCUT2D eigenvalue weighted by Crippen LogP contribution is 2.54. The molecule has 1 unspecified atom stereocenters. The number of fused-ring (bicyclic) bond motifs is 2. The van der Waals surface area contributed by atoms with Gasteiger partial charge in [0.2, 0.25) is 5.91 Å². The van der Waals surface area contributed by atoms with Crippen LogP contribution in [-0.2, 0) is 21.0 Å². The fourth-order valence-corrected chi connectivity index (χ4v) is 5.69. The van der Waals surface area contributed by atoms with E-state index >= 15 is 0 Å². The number of thioether (sulfide) groups is 1. The van der Waals surface area contributed by atoms with Gasteiger partial charge in [-0.2, -0.15) is 0 Å². The number of hydrogen-bond donors (Lipinski definition) is 0. The van der Waals surface area contributed by atoms with Gasteiger partial charge < -0.3 is 9.80 Å². The highest BCUT2D eigenvalue weighted by molar-refractivity contribution is 8.01. The predicted molar refractivity (Wildman–Crippen MR) is 114 cm³/mol. The van der Waals surface area contributed by atoms with Gasteiger partial charge in [0, 0.05) is 24.3 Å². The van der Waals surface area contributed by atoms with E-state index in [1.807, 2.05) is 45.0 Å². The first kappa shape index (κ1) is 20.0. The first-order chi connectivity index (χ1) is 13.8. The van der Waals surface area contributed by atoms with Crippen LogP contribution in [0.15, 0.2) is 42.5 Å². The molecule has 2 heterocycles. The smallest absolute Gasteiger partial charge is 0.268 e. The first-order valence-electron chi connectivity index (χ1n) is 9.95. The molecule has 1 atom stereocenters. The summed E-state index contributed by atoms with van der Waals surface area (Å²) in [6.07, 6.45) is 0.417. The molecule has 4 nitrogen and oxygen atoms in total. The van der Waals surface area contributed by atoms with Crippen LogP contribution < -0.4 is 4.90 Å². The summed E-state index contributed by atoms with van der Waals surface area (Å²) in [6.45, 7) is 6.86. The summed E-state index contributed by atoms with van der Waals surface area (Å²) in [5.41, 5.74) is 3.46. The fourth-order valence-electron chi connectivity index (χ4n) is 4.22. The van der Waals surface area contributed by atoms with E-state index in [1.165, 1.54) is 23.9 Å². The summed E-state index contributed by atoms with van der Waals surface area (Å²) in [7, 11) is 0. The highest BCUT2D eigenvalue weighted by Gasteiger charge is 2.59. The Morgan fingerprint density at radius 2 is 2.03 bits per heavy atom. The zero-order valence-electron chi connectivity index (χ0n) is 16.9. The molecule has 152 valence electrons. The van der Waals surface area contributed by atoms with Gasteiger partial charge in [0.1, 0.15) is 5.82 Å². The predicted octanol–water partition coefficient (Wildman–Crippen LogP) is 4.46. The Morgan fingerprint density at radius 3 is 2.76 bits per heavy atom. The van der Waals surface area contributed by atoms with Crippen LogP contribution in [0.25, 0.3) is 0 Å². The van der Waals surface area contributed by atoms with Crippen molar-refractivity contribution in [1.29, 1.82) is 0 Å². The number of rotatable bonds is 4. The van der Waals surface area contributed by atoms with Crippen molar-refractivity contribution in [3.05, 3.63) is 65.0 Å². The van der Waals surface area contributed by atoms with Crippen LogP contribution in [0.2, 0.25) is 0 Å². The van der Waals surface area contributed by atoms with Crippen molar-refractivity contribution in [3.63, 3.8) is 0 Å². The van der Waals surface area contributed by atoms with Gasteiger partial charge in [0.25, 0.3) is 5.91 Å². The Kier molecular flexibility index (Phi) is 5.15. The number of amides is 2. The van der Waals surface area contributed by atoms with Crippen molar-refractivity contribution < 1.29 is 14.0 Å². The second kappa shape index (κ2) is 7.48. The number of carbonyl (C=O) groups excluding carboxylic acids is 2. The van der Waals surface area contributed by atoms with Gasteiger partial charge in [-0.3, -0.25) is 9.59 Å². The van der Waals surface area contributed by atoms with Crippen LogP contribution in [0.3, 0.4) is 0 Å². The van der Waals surface area contributed by atoms with E-state index in [0.717, 1.165) is 28.1 Å². The third-order valence-corrected chi connectivity index (χ3v) is 6.88. The molecule has 2 aromatic carbocycles. The lowest BCUT2D eigenvalue weighted by Crippen LogP contribution is -2.50. The van der Waals surface area contributed by atoms with Gasteiger partial charge in [-0.05, 0) is 36.6 Å². The van der Waals surface area contributed by atoms with Crippen LogP contribution >= 0.6 is 11.8 Å². The minimum atomic E-state index is -1.01. The number of benzene rings is 2. The molecule has 2 aromatic rings. The lowest BCUT2D eigenvalue weighted by molar-refractivity contribution is -0.140. The lowest BCUT2D eigenvalue weighted by Gasteiger charge is -2.33. The fraction of sp³-hybridized carbons (Fsp3) is 0.391. The molecular formula is C23H25FN2O2S. The molecule has 0 saturated carbocycles. The number of hydrogen-bond acceptors (Lipinski definition) is 3. The molecular weight excluding hydrogens is 387 g/mol. The molecule has 1 fully saturated rings. The van der Waals surface area contributed by atoms with Gasteiger partial charge in [-0.15, -0.1) is 11.8 Å². The number of halogens is 1. The van der Waals surface area contributed by atoms with Crippen molar-refractivity contribution in [2.24, 2.45) is 5.92 Å². The Labute approximate surface area is 175 Å². The third-order valence-electron chi connectivity index (χ3n) is 5.46. The SMILES string of the molecule is Cc1ccc2c(c1)C1(SCCN1C(=O)CC(C)C)C(=O)N2Cc1cccc(F)c1. The minimum Gasteiger partial charge on any atom is -0.315 e. The second-order valence-corrected chi connectivity index (χ2v) is 9.47. The average Bonchev–Trinajstić information content (AvgIpc) is 3.19. The molecule has 2 aliphatic rings. The molecule has 6 heteroatoms. The molecule has 0 aliphatic carbocycles. The van der Waals surface area contributed by atoms with Crippen LogP contribution in [0.1, 0.15) is 37.0 Å². The summed E-state index contributed by atoms with van der Waals surface area (Å²) in [5.74, 6) is 0.524. The summed E-state index contributed by atoms with van der Waals surface area (Å²) in [5, 5.41) is 0.